The smallest absolute Gasteiger partial charge is 0.269 e. The van der Waals surface area contributed by atoms with Gasteiger partial charge in [-0.1, -0.05) is 6.92 Å². The van der Waals surface area contributed by atoms with Crippen molar-refractivity contribution >= 4 is 22.9 Å². The largest absolute Gasteiger partial charge is 0.378 e. The Kier molecular flexibility index (Phi) is 5.42. The minimum atomic E-state index is -0.148. The molecule has 1 aliphatic heterocycles. The van der Waals surface area contributed by atoms with Gasteiger partial charge >= 0.3 is 0 Å². The zero-order chi connectivity index (χ0) is 16.9. The Hall–Kier alpha value is -1.99. The summed E-state index contributed by atoms with van der Waals surface area (Å²) in [5, 5.41) is 4.00. The summed E-state index contributed by atoms with van der Waals surface area (Å²) in [4.78, 5) is 24.4. The van der Waals surface area contributed by atoms with E-state index < -0.39 is 0 Å². The normalized spacial score (nSPS) is 16.0. The third kappa shape index (κ3) is 4.10. The lowest BCUT2D eigenvalue weighted by Gasteiger charge is -2.28. The summed E-state index contributed by atoms with van der Waals surface area (Å²) >= 11 is 1.67. The fraction of sp³-hybridized carbons (Fsp3) is 0.471. The SMILES string of the molecule is Cc1cnc([C@H](C)CNC(=O)c2cc(N3CCOCC3)ccn2)s1. The number of carbonyl (C=O) groups excluding carboxylic acids is 1. The molecule has 3 heterocycles. The molecule has 0 spiro atoms. The van der Waals surface area contributed by atoms with E-state index in [4.69, 9.17) is 4.74 Å². The van der Waals surface area contributed by atoms with Gasteiger partial charge in [-0.05, 0) is 19.1 Å². The molecule has 1 aliphatic rings. The second kappa shape index (κ2) is 7.72. The molecule has 1 amide bonds. The standard InChI is InChI=1S/C17H22N4O2S/c1-12(17-20-11-13(2)24-17)10-19-16(22)15-9-14(3-4-18-15)21-5-7-23-8-6-21/h3-4,9,11-12H,5-8,10H2,1-2H3,(H,19,22)/t12-/m1/s1. The molecule has 0 unspecified atom stereocenters. The van der Waals surface area contributed by atoms with Crippen molar-refractivity contribution in [1.29, 1.82) is 0 Å². The Bertz CT molecular complexity index is 697. The number of rotatable bonds is 5. The molecule has 128 valence electrons. The number of hydrogen-bond donors (Lipinski definition) is 1. The summed E-state index contributed by atoms with van der Waals surface area (Å²) in [6, 6.07) is 3.78. The van der Waals surface area contributed by atoms with Crippen LogP contribution < -0.4 is 10.2 Å². The van der Waals surface area contributed by atoms with E-state index in [-0.39, 0.29) is 11.8 Å². The topological polar surface area (TPSA) is 67.4 Å². The summed E-state index contributed by atoms with van der Waals surface area (Å²) < 4.78 is 5.37. The molecule has 7 heteroatoms. The van der Waals surface area contributed by atoms with Crippen molar-refractivity contribution in [2.45, 2.75) is 19.8 Å². The molecular formula is C17H22N4O2S. The van der Waals surface area contributed by atoms with Crippen LogP contribution in [0.2, 0.25) is 0 Å². The van der Waals surface area contributed by atoms with Crippen LogP contribution in [0.25, 0.3) is 0 Å². The zero-order valence-electron chi connectivity index (χ0n) is 14.0. The Morgan fingerprint density at radius 3 is 2.92 bits per heavy atom. The highest BCUT2D eigenvalue weighted by molar-refractivity contribution is 7.11. The molecule has 1 saturated heterocycles. The highest BCUT2D eigenvalue weighted by Crippen LogP contribution is 2.20. The summed E-state index contributed by atoms with van der Waals surface area (Å²) in [7, 11) is 0. The van der Waals surface area contributed by atoms with Crippen LogP contribution in [0.5, 0.6) is 0 Å². The van der Waals surface area contributed by atoms with Gasteiger partial charge in [-0.25, -0.2) is 4.98 Å². The highest BCUT2D eigenvalue weighted by atomic mass is 32.1. The molecule has 6 nitrogen and oxygen atoms in total. The van der Waals surface area contributed by atoms with Crippen LogP contribution in [0.15, 0.2) is 24.5 Å². The van der Waals surface area contributed by atoms with Crippen molar-refractivity contribution in [3.8, 4) is 0 Å². The molecule has 1 N–H and O–H groups in total. The molecule has 0 saturated carbocycles. The van der Waals surface area contributed by atoms with E-state index in [0.717, 1.165) is 23.8 Å². The lowest BCUT2D eigenvalue weighted by molar-refractivity contribution is 0.0946. The van der Waals surface area contributed by atoms with Gasteiger partial charge < -0.3 is 15.0 Å². The summed E-state index contributed by atoms with van der Waals surface area (Å²) in [6.45, 7) is 7.76. The molecule has 0 bridgehead atoms. The number of anilines is 1. The minimum Gasteiger partial charge on any atom is -0.378 e. The molecule has 24 heavy (non-hydrogen) atoms. The molecule has 0 aromatic carbocycles. The Labute approximate surface area is 145 Å². The quantitative estimate of drug-likeness (QED) is 0.899. The van der Waals surface area contributed by atoms with Crippen molar-refractivity contribution in [3.05, 3.63) is 40.1 Å². The van der Waals surface area contributed by atoms with E-state index in [1.165, 1.54) is 4.88 Å². The van der Waals surface area contributed by atoms with Gasteiger partial charge in [0, 0.05) is 48.5 Å². The average Bonchev–Trinajstić information content (AvgIpc) is 3.07. The number of aryl methyl sites for hydroxylation is 1. The molecule has 3 rings (SSSR count). The van der Waals surface area contributed by atoms with Crippen LogP contribution in [0, 0.1) is 6.92 Å². The number of nitrogens with one attached hydrogen (secondary N) is 1. The molecule has 0 radical (unpaired) electrons. The van der Waals surface area contributed by atoms with Gasteiger partial charge in [-0.2, -0.15) is 0 Å². The maximum atomic E-state index is 12.4. The van der Waals surface area contributed by atoms with Crippen molar-refractivity contribution in [2.75, 3.05) is 37.7 Å². The van der Waals surface area contributed by atoms with Gasteiger partial charge in [-0.15, -0.1) is 11.3 Å². The average molecular weight is 346 g/mol. The van der Waals surface area contributed by atoms with E-state index in [1.54, 1.807) is 17.5 Å². The predicted molar refractivity (Wildman–Crippen MR) is 94.9 cm³/mol. The second-order valence-corrected chi connectivity index (χ2v) is 7.19. The van der Waals surface area contributed by atoms with Crippen molar-refractivity contribution in [1.82, 2.24) is 15.3 Å². The Morgan fingerprint density at radius 2 is 2.21 bits per heavy atom. The first kappa shape index (κ1) is 16.9. The first-order valence-corrected chi connectivity index (χ1v) is 8.94. The number of amides is 1. The Morgan fingerprint density at radius 1 is 1.42 bits per heavy atom. The summed E-state index contributed by atoms with van der Waals surface area (Å²) in [6.07, 6.45) is 3.55. The second-order valence-electron chi connectivity index (χ2n) is 5.92. The third-order valence-electron chi connectivity index (χ3n) is 3.98. The number of ether oxygens (including phenoxy) is 1. The number of morpholine rings is 1. The molecule has 2 aromatic heterocycles. The third-order valence-corrected chi connectivity index (χ3v) is 5.13. The Balaban J connectivity index is 1.60. The van der Waals surface area contributed by atoms with E-state index >= 15 is 0 Å². The lowest BCUT2D eigenvalue weighted by Crippen LogP contribution is -2.36. The van der Waals surface area contributed by atoms with Crippen molar-refractivity contribution in [2.24, 2.45) is 0 Å². The van der Waals surface area contributed by atoms with Gasteiger partial charge in [0.2, 0.25) is 0 Å². The molecular weight excluding hydrogens is 324 g/mol. The minimum absolute atomic E-state index is 0.148. The van der Waals surface area contributed by atoms with Crippen LogP contribution in [0.4, 0.5) is 5.69 Å². The molecule has 2 aromatic rings. The van der Waals surface area contributed by atoms with Gasteiger partial charge in [0.1, 0.15) is 5.69 Å². The van der Waals surface area contributed by atoms with E-state index in [2.05, 4.69) is 27.1 Å². The lowest BCUT2D eigenvalue weighted by atomic mass is 10.2. The van der Waals surface area contributed by atoms with Crippen molar-refractivity contribution in [3.63, 3.8) is 0 Å². The summed E-state index contributed by atoms with van der Waals surface area (Å²) in [5.41, 5.74) is 1.46. The van der Waals surface area contributed by atoms with E-state index in [1.807, 2.05) is 25.3 Å². The van der Waals surface area contributed by atoms with Gasteiger partial charge in [0.15, 0.2) is 0 Å². The fourth-order valence-corrected chi connectivity index (χ4v) is 3.41. The molecule has 0 aliphatic carbocycles. The van der Waals surface area contributed by atoms with E-state index in [0.29, 0.717) is 25.5 Å². The van der Waals surface area contributed by atoms with E-state index in [9.17, 15) is 4.79 Å². The van der Waals surface area contributed by atoms with Gasteiger partial charge in [0.05, 0.1) is 18.2 Å². The zero-order valence-corrected chi connectivity index (χ0v) is 14.8. The monoisotopic (exact) mass is 346 g/mol. The highest BCUT2D eigenvalue weighted by Gasteiger charge is 2.16. The number of pyridine rings is 1. The number of hydrogen-bond acceptors (Lipinski definition) is 6. The maximum absolute atomic E-state index is 12.4. The number of thiazole rings is 1. The van der Waals surface area contributed by atoms with Crippen LogP contribution in [0.3, 0.4) is 0 Å². The number of nitrogens with zero attached hydrogens (tertiary/aromatic N) is 3. The van der Waals surface area contributed by atoms with Gasteiger partial charge in [0.25, 0.3) is 5.91 Å². The maximum Gasteiger partial charge on any atom is 0.269 e. The first-order valence-electron chi connectivity index (χ1n) is 8.13. The number of aromatic nitrogens is 2. The van der Waals surface area contributed by atoms with Gasteiger partial charge in [-0.3, -0.25) is 9.78 Å². The van der Waals surface area contributed by atoms with Crippen LogP contribution in [-0.2, 0) is 4.74 Å². The molecule has 1 atom stereocenters. The van der Waals surface area contributed by atoms with Crippen LogP contribution in [0.1, 0.15) is 33.2 Å². The van der Waals surface area contributed by atoms with Crippen molar-refractivity contribution < 1.29 is 9.53 Å². The predicted octanol–water partition coefficient (Wildman–Crippen LogP) is 2.22. The fourth-order valence-electron chi connectivity index (χ4n) is 2.59. The first-order chi connectivity index (χ1) is 11.6. The number of carbonyl (C=O) groups is 1. The summed E-state index contributed by atoms with van der Waals surface area (Å²) in [5.74, 6) is 0.0420. The molecule has 1 fully saturated rings. The van der Waals surface area contributed by atoms with Crippen LogP contribution in [-0.4, -0.2) is 48.7 Å². The van der Waals surface area contributed by atoms with Crippen LogP contribution >= 0.6 is 11.3 Å².